The number of fused-ring (bicyclic) bond motifs is 1. The second kappa shape index (κ2) is 10.1. The lowest BCUT2D eigenvalue weighted by molar-refractivity contribution is -0.0290. The van der Waals surface area contributed by atoms with Gasteiger partial charge in [-0.2, -0.15) is 10.2 Å². The summed E-state index contributed by atoms with van der Waals surface area (Å²) in [7, 11) is -3.42. The van der Waals surface area contributed by atoms with Gasteiger partial charge in [0.25, 0.3) is 0 Å². The van der Waals surface area contributed by atoms with Crippen LogP contribution in [-0.2, 0) is 16.6 Å². The summed E-state index contributed by atoms with van der Waals surface area (Å²) in [6, 6.07) is 12.8. The Labute approximate surface area is 214 Å². The molecular formula is C24H26ClN7O3S. The number of aliphatic hydroxyl groups is 1. The molecule has 1 unspecified atom stereocenters. The maximum Gasteiger partial charge on any atom is 0.229 e. The lowest BCUT2D eigenvalue weighted by Gasteiger charge is -2.37. The Morgan fingerprint density at radius 2 is 1.81 bits per heavy atom. The predicted octanol–water partition coefficient (Wildman–Crippen LogP) is 2.62. The highest BCUT2D eigenvalue weighted by atomic mass is 35.5. The molecule has 1 saturated heterocycles. The monoisotopic (exact) mass is 527 g/mol. The topological polar surface area (TPSA) is 116 Å². The summed E-state index contributed by atoms with van der Waals surface area (Å²) in [5, 5.41) is 19.0. The van der Waals surface area contributed by atoms with Crippen LogP contribution in [0.3, 0.4) is 0 Å². The maximum absolute atomic E-state index is 11.8. The van der Waals surface area contributed by atoms with Gasteiger partial charge in [-0.05, 0) is 30.3 Å². The Kier molecular flexibility index (Phi) is 6.91. The van der Waals surface area contributed by atoms with Crippen molar-refractivity contribution in [2.75, 3.05) is 37.2 Å². The number of halogens is 1. The van der Waals surface area contributed by atoms with Gasteiger partial charge >= 0.3 is 0 Å². The highest BCUT2D eigenvalue weighted by molar-refractivity contribution is 7.92. The van der Waals surface area contributed by atoms with Crippen LogP contribution in [0.1, 0.15) is 17.5 Å². The summed E-state index contributed by atoms with van der Waals surface area (Å²) < 4.78 is 28.1. The highest BCUT2D eigenvalue weighted by Gasteiger charge is 2.25. The Bertz CT molecular complexity index is 1450. The van der Waals surface area contributed by atoms with Gasteiger partial charge in [0.15, 0.2) is 0 Å². The number of aromatic nitrogens is 4. The quantitative estimate of drug-likeness (QED) is 0.377. The Morgan fingerprint density at radius 3 is 2.47 bits per heavy atom. The van der Waals surface area contributed by atoms with Crippen LogP contribution in [0.2, 0.25) is 5.02 Å². The summed E-state index contributed by atoms with van der Waals surface area (Å²) >= 11 is 6.11. The standard InChI is InChI=1S/C24H26ClN7O3S/c1-36(34,35)29-20-6-7-22-28-23(17-2-4-19(25)5-3-17)21(32(22)15-20)16-30-10-12-31(13-11-30)24(33)18-8-9-26-27-14-18/h2-9,14-15,24,29,33H,10-13,16H2,1H3. The van der Waals surface area contributed by atoms with E-state index in [2.05, 4.69) is 19.8 Å². The van der Waals surface area contributed by atoms with E-state index in [1.807, 2.05) is 33.6 Å². The van der Waals surface area contributed by atoms with E-state index in [1.54, 1.807) is 36.8 Å². The number of imidazole rings is 1. The van der Waals surface area contributed by atoms with E-state index in [4.69, 9.17) is 16.6 Å². The van der Waals surface area contributed by atoms with Gasteiger partial charge in [0.2, 0.25) is 10.0 Å². The molecule has 1 atom stereocenters. The van der Waals surface area contributed by atoms with Gasteiger partial charge < -0.3 is 5.11 Å². The minimum absolute atomic E-state index is 0.463. The molecule has 188 valence electrons. The van der Waals surface area contributed by atoms with E-state index >= 15 is 0 Å². The van der Waals surface area contributed by atoms with E-state index in [0.717, 1.165) is 41.9 Å². The molecule has 1 aliphatic heterocycles. The van der Waals surface area contributed by atoms with Crippen LogP contribution in [0, 0.1) is 0 Å². The zero-order chi connectivity index (χ0) is 25.3. The van der Waals surface area contributed by atoms with Gasteiger partial charge in [-0.15, -0.1) is 0 Å². The summed E-state index contributed by atoms with van der Waals surface area (Å²) in [6.45, 7) is 3.44. The molecule has 12 heteroatoms. The first-order valence-corrected chi connectivity index (χ1v) is 13.7. The minimum Gasteiger partial charge on any atom is -0.374 e. The van der Waals surface area contributed by atoms with E-state index in [0.29, 0.717) is 36.0 Å². The van der Waals surface area contributed by atoms with Crippen LogP contribution < -0.4 is 4.72 Å². The van der Waals surface area contributed by atoms with Gasteiger partial charge in [0, 0.05) is 61.3 Å². The van der Waals surface area contributed by atoms with Crippen molar-refractivity contribution < 1.29 is 13.5 Å². The van der Waals surface area contributed by atoms with Crippen LogP contribution in [0.5, 0.6) is 0 Å². The summed E-state index contributed by atoms with van der Waals surface area (Å²) in [5.74, 6) is 0. The second-order valence-corrected chi connectivity index (χ2v) is 11.0. The number of sulfonamides is 1. The maximum atomic E-state index is 11.8. The normalized spacial score (nSPS) is 16.3. The molecular weight excluding hydrogens is 502 g/mol. The molecule has 1 aromatic carbocycles. The lowest BCUT2D eigenvalue weighted by Crippen LogP contribution is -2.47. The number of hydrogen-bond donors (Lipinski definition) is 2. The molecule has 3 aromatic heterocycles. The number of nitrogens with one attached hydrogen (secondary N) is 1. The molecule has 4 aromatic rings. The highest BCUT2D eigenvalue weighted by Crippen LogP contribution is 2.29. The van der Waals surface area contributed by atoms with Crippen molar-refractivity contribution >= 4 is 33.0 Å². The third kappa shape index (κ3) is 5.50. The first-order valence-electron chi connectivity index (χ1n) is 11.4. The van der Waals surface area contributed by atoms with E-state index < -0.39 is 16.3 Å². The molecule has 1 aliphatic rings. The van der Waals surface area contributed by atoms with Crippen LogP contribution in [0.4, 0.5) is 5.69 Å². The molecule has 4 heterocycles. The molecule has 36 heavy (non-hydrogen) atoms. The van der Waals surface area contributed by atoms with Crippen LogP contribution in [-0.4, -0.2) is 75.3 Å². The zero-order valence-corrected chi connectivity index (χ0v) is 21.2. The van der Waals surface area contributed by atoms with Crippen molar-refractivity contribution in [3.05, 3.63) is 77.3 Å². The van der Waals surface area contributed by atoms with E-state index in [-0.39, 0.29) is 0 Å². The van der Waals surface area contributed by atoms with Gasteiger partial charge in [-0.3, -0.25) is 18.9 Å². The van der Waals surface area contributed by atoms with Crippen LogP contribution >= 0.6 is 11.6 Å². The summed E-state index contributed by atoms with van der Waals surface area (Å²) in [6.07, 6.45) is 5.31. The molecule has 0 aliphatic carbocycles. The number of benzene rings is 1. The smallest absolute Gasteiger partial charge is 0.229 e. The van der Waals surface area contributed by atoms with Crippen molar-refractivity contribution in [2.45, 2.75) is 12.8 Å². The lowest BCUT2D eigenvalue weighted by atomic mass is 10.1. The number of hydrogen-bond acceptors (Lipinski definition) is 8. The molecule has 1 fully saturated rings. The molecule has 0 saturated carbocycles. The van der Waals surface area contributed by atoms with Gasteiger partial charge in [-0.1, -0.05) is 23.7 Å². The van der Waals surface area contributed by atoms with E-state index in [9.17, 15) is 13.5 Å². The SMILES string of the molecule is CS(=O)(=O)Nc1ccc2nc(-c3ccc(Cl)cc3)c(CN3CCN(C(O)c4ccnnc4)CC3)n2c1. The molecule has 0 amide bonds. The largest absolute Gasteiger partial charge is 0.374 e. The number of anilines is 1. The number of aliphatic hydroxyl groups excluding tert-OH is 1. The molecule has 2 N–H and O–H groups in total. The minimum atomic E-state index is -3.42. The van der Waals surface area contributed by atoms with Gasteiger partial charge in [0.1, 0.15) is 11.9 Å². The fraction of sp³-hybridized carbons (Fsp3) is 0.292. The molecule has 0 bridgehead atoms. The third-order valence-electron chi connectivity index (χ3n) is 6.17. The number of rotatable bonds is 7. The second-order valence-electron chi connectivity index (χ2n) is 8.80. The summed E-state index contributed by atoms with van der Waals surface area (Å²) in [4.78, 5) is 9.16. The first-order chi connectivity index (χ1) is 17.3. The zero-order valence-electron chi connectivity index (χ0n) is 19.6. The van der Waals surface area contributed by atoms with Crippen molar-refractivity contribution in [1.29, 1.82) is 0 Å². The number of piperazine rings is 1. The first kappa shape index (κ1) is 24.6. The Hall–Kier alpha value is -3.09. The fourth-order valence-corrected chi connectivity index (χ4v) is 5.07. The Morgan fingerprint density at radius 1 is 1.06 bits per heavy atom. The average molecular weight is 528 g/mol. The van der Waals surface area contributed by atoms with Gasteiger partial charge in [0.05, 0.1) is 29.5 Å². The van der Waals surface area contributed by atoms with Crippen LogP contribution in [0.15, 0.2) is 61.1 Å². The average Bonchev–Trinajstić information content (AvgIpc) is 3.21. The van der Waals surface area contributed by atoms with Crippen molar-refractivity contribution in [3.63, 3.8) is 0 Å². The summed E-state index contributed by atoms with van der Waals surface area (Å²) in [5.41, 5.74) is 4.58. The van der Waals surface area contributed by atoms with Gasteiger partial charge in [-0.25, -0.2) is 13.4 Å². The van der Waals surface area contributed by atoms with Crippen molar-refractivity contribution in [3.8, 4) is 11.3 Å². The molecule has 0 spiro atoms. The predicted molar refractivity (Wildman–Crippen MR) is 138 cm³/mol. The fourth-order valence-electron chi connectivity index (χ4n) is 4.40. The third-order valence-corrected chi connectivity index (χ3v) is 7.03. The van der Waals surface area contributed by atoms with Crippen molar-refractivity contribution in [1.82, 2.24) is 29.4 Å². The number of nitrogens with zero attached hydrogens (tertiary/aromatic N) is 6. The number of pyridine rings is 1. The van der Waals surface area contributed by atoms with Crippen molar-refractivity contribution in [2.24, 2.45) is 0 Å². The molecule has 5 rings (SSSR count). The molecule has 0 radical (unpaired) electrons. The van der Waals surface area contributed by atoms with Crippen LogP contribution in [0.25, 0.3) is 16.9 Å². The van der Waals surface area contributed by atoms with E-state index in [1.165, 1.54) is 0 Å². The molecule has 10 nitrogen and oxygen atoms in total. The Balaban J connectivity index is 1.42.